The summed E-state index contributed by atoms with van der Waals surface area (Å²) in [4.78, 5) is 16.7. The van der Waals surface area contributed by atoms with E-state index in [4.69, 9.17) is 0 Å². The fourth-order valence-corrected chi connectivity index (χ4v) is 4.96. The number of nitrogens with zero attached hydrogens (tertiary/aromatic N) is 1. The van der Waals surface area contributed by atoms with Crippen molar-refractivity contribution in [1.29, 1.82) is 0 Å². The number of carbonyl (C=O) groups is 1. The molecule has 3 aromatic rings. The van der Waals surface area contributed by atoms with Crippen LogP contribution in [0.3, 0.4) is 0 Å². The number of rotatable bonds is 5. The van der Waals surface area contributed by atoms with Crippen LogP contribution in [0.15, 0.2) is 79.0 Å². The molecule has 0 atom stereocenters. The van der Waals surface area contributed by atoms with Gasteiger partial charge in [0, 0.05) is 0 Å². The quantitative estimate of drug-likeness (QED) is 0.675. The topological polar surface area (TPSA) is 42.0 Å². The normalized spacial score (nSPS) is 11.1. The third-order valence-corrected chi connectivity index (χ3v) is 6.13. The molecule has 1 amide bonds. The van der Waals surface area contributed by atoms with Gasteiger partial charge in [0.05, 0.1) is 0 Å². The van der Waals surface area contributed by atoms with Crippen molar-refractivity contribution < 1.29 is 4.79 Å². The number of aromatic nitrogens is 1. The van der Waals surface area contributed by atoms with Crippen molar-refractivity contribution in [1.82, 2.24) is 10.3 Å². The fourth-order valence-electron chi connectivity index (χ4n) is 2.60. The molecule has 2 aromatic carbocycles. The van der Waals surface area contributed by atoms with Crippen LogP contribution in [0.4, 0.5) is 0 Å². The molecule has 3 rings (SSSR count). The maximum atomic E-state index is 12.5. The van der Waals surface area contributed by atoms with Gasteiger partial charge in [-0.2, -0.15) is 0 Å². The summed E-state index contributed by atoms with van der Waals surface area (Å²) in [5.41, 5.74) is 1.09. The first-order chi connectivity index (χ1) is 12.1. The predicted molar refractivity (Wildman–Crippen MR) is 103 cm³/mol. The third-order valence-electron chi connectivity index (χ3n) is 3.85. The van der Waals surface area contributed by atoms with E-state index in [1.54, 1.807) is 18.3 Å². The summed E-state index contributed by atoms with van der Waals surface area (Å²) in [5, 5.41) is 3.12. The van der Waals surface area contributed by atoms with Crippen molar-refractivity contribution >= 4 is 29.8 Å². The van der Waals surface area contributed by atoms with Gasteiger partial charge in [0.25, 0.3) is 0 Å². The van der Waals surface area contributed by atoms with Crippen LogP contribution in [0.5, 0.6) is 0 Å². The van der Waals surface area contributed by atoms with Crippen LogP contribution < -0.4 is 14.2 Å². The van der Waals surface area contributed by atoms with Crippen LogP contribution in [0.25, 0.3) is 0 Å². The minimum absolute atomic E-state index is 0.160. The first-order valence-corrected chi connectivity index (χ1v) is 9.83. The van der Waals surface area contributed by atoms with Gasteiger partial charge in [0.15, 0.2) is 0 Å². The maximum absolute atomic E-state index is 12.5. The third kappa shape index (κ3) is 4.36. The van der Waals surface area contributed by atoms with E-state index in [0.29, 0.717) is 5.69 Å². The molecule has 25 heavy (non-hydrogen) atoms. The number of hydrogen-bond acceptors (Lipinski definition) is 2. The molecule has 4 heteroatoms. The van der Waals surface area contributed by atoms with E-state index < -0.39 is 5.54 Å². The zero-order valence-electron chi connectivity index (χ0n) is 14.3. The van der Waals surface area contributed by atoms with E-state index in [2.05, 4.69) is 52.8 Å². The molecule has 0 fully saturated rings. The second-order valence-corrected chi connectivity index (χ2v) is 8.55. The van der Waals surface area contributed by atoms with Gasteiger partial charge >= 0.3 is 155 Å². The number of nitrogens with one attached hydrogen (secondary N) is 1. The van der Waals surface area contributed by atoms with Crippen molar-refractivity contribution in [2.24, 2.45) is 0 Å². The summed E-state index contributed by atoms with van der Waals surface area (Å²) in [6.07, 6.45) is 1.63. The minimum atomic E-state index is -0.484. The molecule has 0 aliphatic heterocycles. The van der Waals surface area contributed by atoms with E-state index >= 15 is 0 Å². The van der Waals surface area contributed by atoms with Crippen LogP contribution in [0, 0.1) is 0 Å². The van der Waals surface area contributed by atoms with Gasteiger partial charge in [-0.05, 0) is 0 Å². The summed E-state index contributed by atoms with van der Waals surface area (Å²) in [6.45, 7) is 4.07. The number of amides is 1. The van der Waals surface area contributed by atoms with E-state index in [1.807, 2.05) is 32.0 Å². The van der Waals surface area contributed by atoms with Crippen molar-refractivity contribution in [3.05, 3.63) is 90.3 Å². The van der Waals surface area contributed by atoms with Gasteiger partial charge in [-0.3, -0.25) is 0 Å². The van der Waals surface area contributed by atoms with Crippen molar-refractivity contribution in [2.45, 2.75) is 19.4 Å². The first-order valence-electron chi connectivity index (χ1n) is 8.12. The SMILES string of the molecule is CC(C)(NC(=O)c1ccccn1)c1ccccc1[Se]c1ccccc1. The Bertz CT molecular complexity index is 848. The molecule has 0 saturated heterocycles. The molecule has 0 radical (unpaired) electrons. The zero-order chi connectivity index (χ0) is 17.7. The van der Waals surface area contributed by atoms with Crippen LogP contribution in [-0.4, -0.2) is 25.8 Å². The summed E-state index contributed by atoms with van der Waals surface area (Å²) >= 11 is 0.185. The molecule has 0 aliphatic rings. The first kappa shape index (κ1) is 17.4. The second kappa shape index (κ2) is 7.64. The van der Waals surface area contributed by atoms with Crippen LogP contribution >= 0.6 is 0 Å². The van der Waals surface area contributed by atoms with Crippen LogP contribution in [0.2, 0.25) is 0 Å². The van der Waals surface area contributed by atoms with E-state index in [9.17, 15) is 4.79 Å². The van der Waals surface area contributed by atoms with Gasteiger partial charge in [-0.1, -0.05) is 0 Å². The van der Waals surface area contributed by atoms with Crippen molar-refractivity contribution in [3.63, 3.8) is 0 Å². The second-order valence-electron chi connectivity index (χ2n) is 6.21. The number of pyridine rings is 1. The Labute approximate surface area is 154 Å². The molecule has 0 saturated carbocycles. The molecule has 3 nitrogen and oxygen atoms in total. The standard InChI is InChI=1S/C21H20N2OSe/c1-21(2,23-20(24)18-13-8-9-15-22-18)17-12-6-7-14-19(17)25-16-10-4-3-5-11-16/h3-15H,1-2H3,(H,23,24). The Hall–Kier alpha value is -2.42. The molecule has 0 bridgehead atoms. The molecule has 0 aliphatic carbocycles. The van der Waals surface area contributed by atoms with Crippen molar-refractivity contribution in [2.75, 3.05) is 0 Å². The summed E-state index contributed by atoms with van der Waals surface area (Å²) < 4.78 is 2.59. The molecule has 0 spiro atoms. The van der Waals surface area contributed by atoms with Gasteiger partial charge < -0.3 is 0 Å². The molecule has 126 valence electrons. The molecule has 1 N–H and O–H groups in total. The molecule has 0 unspecified atom stereocenters. The molecule has 1 aromatic heterocycles. The van der Waals surface area contributed by atoms with Gasteiger partial charge in [0.2, 0.25) is 0 Å². The van der Waals surface area contributed by atoms with Gasteiger partial charge in [-0.25, -0.2) is 0 Å². The summed E-state index contributed by atoms with van der Waals surface area (Å²) in [7, 11) is 0. The average molecular weight is 395 g/mol. The Morgan fingerprint density at radius 2 is 1.60 bits per heavy atom. The Balaban J connectivity index is 1.86. The van der Waals surface area contributed by atoms with E-state index in [1.165, 1.54) is 8.92 Å². The van der Waals surface area contributed by atoms with E-state index in [-0.39, 0.29) is 20.9 Å². The summed E-state index contributed by atoms with van der Waals surface area (Å²) in [6, 6.07) is 24.1. The van der Waals surface area contributed by atoms with Crippen LogP contribution in [0.1, 0.15) is 29.9 Å². The molecular weight excluding hydrogens is 375 g/mol. The fraction of sp³-hybridized carbons (Fsp3) is 0.143. The molecular formula is C21H20N2OSe. The number of benzene rings is 2. The van der Waals surface area contributed by atoms with E-state index in [0.717, 1.165) is 5.56 Å². The van der Waals surface area contributed by atoms with Gasteiger partial charge in [0.1, 0.15) is 0 Å². The number of carbonyl (C=O) groups excluding carboxylic acids is 1. The predicted octanol–water partition coefficient (Wildman–Crippen LogP) is 2.40. The Morgan fingerprint density at radius 1 is 0.920 bits per heavy atom. The zero-order valence-corrected chi connectivity index (χ0v) is 16.0. The van der Waals surface area contributed by atoms with Crippen LogP contribution in [-0.2, 0) is 5.54 Å². The van der Waals surface area contributed by atoms with Crippen molar-refractivity contribution in [3.8, 4) is 0 Å². The summed E-state index contributed by atoms with van der Waals surface area (Å²) in [5.74, 6) is -0.160. The molecule has 1 heterocycles. The average Bonchev–Trinajstić information content (AvgIpc) is 2.63. The van der Waals surface area contributed by atoms with Gasteiger partial charge in [-0.15, -0.1) is 0 Å². The Morgan fingerprint density at radius 3 is 2.32 bits per heavy atom. The monoisotopic (exact) mass is 396 g/mol. The number of hydrogen-bond donors (Lipinski definition) is 1. The Kier molecular flexibility index (Phi) is 5.32.